The van der Waals surface area contributed by atoms with Crippen LogP contribution in [-0.2, 0) is 0 Å². The van der Waals surface area contributed by atoms with Crippen molar-refractivity contribution in [3.63, 3.8) is 0 Å². The van der Waals surface area contributed by atoms with Gasteiger partial charge in [0.2, 0.25) is 0 Å². The number of rotatable bonds is 2. The van der Waals surface area contributed by atoms with Gasteiger partial charge in [-0.25, -0.2) is 0 Å². The molecule has 2 nitrogen and oxygen atoms in total. The minimum Gasteiger partial charge on any atom is -0.354 e. The Balaban J connectivity index is 2.36. The van der Waals surface area contributed by atoms with Gasteiger partial charge in [0.05, 0.1) is 5.69 Å². The fraction of sp³-hybridized carbons (Fsp3) is 0. The maximum Gasteiger partial charge on any atom is 0.152 e. The highest BCUT2D eigenvalue weighted by Crippen LogP contribution is 2.33. The number of benzene rings is 2. The van der Waals surface area contributed by atoms with Gasteiger partial charge in [-0.15, -0.1) is 0 Å². The molecule has 3 rings (SSSR count). The zero-order chi connectivity index (χ0) is 12.5. The number of H-pyrrole nitrogens is 1. The highest BCUT2D eigenvalue weighted by atomic mass is 79.9. The van der Waals surface area contributed by atoms with Gasteiger partial charge in [0.15, 0.2) is 6.29 Å². The van der Waals surface area contributed by atoms with Gasteiger partial charge in [0.25, 0.3) is 0 Å². The molecule has 1 aromatic heterocycles. The lowest BCUT2D eigenvalue weighted by atomic mass is 10.1. The molecule has 1 heterocycles. The van der Waals surface area contributed by atoms with Crippen LogP contribution in [0, 0.1) is 0 Å². The third kappa shape index (κ3) is 1.68. The normalized spacial score (nSPS) is 10.7. The van der Waals surface area contributed by atoms with Crippen LogP contribution >= 0.6 is 15.9 Å². The van der Waals surface area contributed by atoms with E-state index in [4.69, 9.17) is 0 Å². The first kappa shape index (κ1) is 11.2. The maximum atomic E-state index is 11.4. The molecule has 0 aliphatic heterocycles. The molecule has 0 unspecified atom stereocenters. The van der Waals surface area contributed by atoms with Crippen molar-refractivity contribution >= 4 is 33.1 Å². The molecule has 3 heteroatoms. The smallest absolute Gasteiger partial charge is 0.152 e. The van der Waals surface area contributed by atoms with Gasteiger partial charge < -0.3 is 4.98 Å². The molecule has 0 spiro atoms. The minimum atomic E-state index is 0.706. The van der Waals surface area contributed by atoms with Crippen LogP contribution in [-0.4, -0.2) is 11.3 Å². The van der Waals surface area contributed by atoms with Crippen LogP contribution in [0.25, 0.3) is 22.2 Å². The number of halogens is 1. The first-order valence-electron chi connectivity index (χ1n) is 5.62. The summed E-state index contributed by atoms with van der Waals surface area (Å²) < 4.78 is 0.972. The topological polar surface area (TPSA) is 32.9 Å². The number of aromatic amines is 1. The second-order valence-corrected chi connectivity index (χ2v) is 4.91. The summed E-state index contributed by atoms with van der Waals surface area (Å²) in [6, 6.07) is 15.7. The Morgan fingerprint density at radius 3 is 2.50 bits per heavy atom. The van der Waals surface area contributed by atoms with E-state index in [1.165, 1.54) is 0 Å². The zero-order valence-corrected chi connectivity index (χ0v) is 11.1. The zero-order valence-electron chi connectivity index (χ0n) is 9.48. The van der Waals surface area contributed by atoms with Crippen LogP contribution < -0.4 is 0 Å². The van der Waals surface area contributed by atoms with Gasteiger partial charge >= 0.3 is 0 Å². The lowest BCUT2D eigenvalue weighted by Crippen LogP contribution is -1.85. The van der Waals surface area contributed by atoms with E-state index in [1.807, 2.05) is 48.5 Å². The van der Waals surface area contributed by atoms with E-state index >= 15 is 0 Å². The Morgan fingerprint density at radius 2 is 1.72 bits per heavy atom. The molecule has 2 aromatic carbocycles. The van der Waals surface area contributed by atoms with Crippen molar-refractivity contribution in [1.29, 1.82) is 0 Å². The van der Waals surface area contributed by atoms with Crippen molar-refractivity contribution in [2.75, 3.05) is 0 Å². The molecule has 0 aliphatic rings. The Hall–Kier alpha value is -1.87. The highest BCUT2D eigenvalue weighted by molar-refractivity contribution is 9.10. The average molecular weight is 300 g/mol. The summed E-state index contributed by atoms with van der Waals surface area (Å²) in [4.78, 5) is 14.7. The standard InChI is InChI=1S/C15H10BrNO/c16-13-7-3-1-6-11(13)15-12(9-18)10-5-2-4-8-14(10)17-15/h1-9,17H. The number of aldehydes is 1. The van der Waals surface area contributed by atoms with Crippen molar-refractivity contribution in [2.24, 2.45) is 0 Å². The van der Waals surface area contributed by atoms with Crippen LogP contribution in [0.3, 0.4) is 0 Å². The van der Waals surface area contributed by atoms with E-state index in [0.29, 0.717) is 5.56 Å². The Labute approximate surface area is 113 Å². The van der Waals surface area contributed by atoms with Crippen molar-refractivity contribution < 1.29 is 4.79 Å². The summed E-state index contributed by atoms with van der Waals surface area (Å²) in [6.07, 6.45) is 0.910. The quantitative estimate of drug-likeness (QED) is 0.699. The van der Waals surface area contributed by atoms with Gasteiger partial charge in [0, 0.05) is 26.5 Å². The second-order valence-electron chi connectivity index (χ2n) is 4.06. The number of aromatic nitrogens is 1. The molecule has 0 fully saturated rings. The van der Waals surface area contributed by atoms with E-state index in [-0.39, 0.29) is 0 Å². The average Bonchev–Trinajstić information content (AvgIpc) is 2.77. The van der Waals surface area contributed by atoms with E-state index in [1.54, 1.807) is 0 Å². The summed E-state index contributed by atoms with van der Waals surface area (Å²) in [5, 5.41) is 0.957. The Bertz CT molecular complexity index is 730. The molecule has 0 saturated carbocycles. The molecule has 0 atom stereocenters. The van der Waals surface area contributed by atoms with E-state index in [9.17, 15) is 4.79 Å². The van der Waals surface area contributed by atoms with Crippen molar-refractivity contribution in [1.82, 2.24) is 4.98 Å². The first-order valence-corrected chi connectivity index (χ1v) is 6.41. The van der Waals surface area contributed by atoms with Gasteiger partial charge in [-0.05, 0) is 12.1 Å². The fourth-order valence-electron chi connectivity index (χ4n) is 2.16. The number of carbonyl (C=O) groups is 1. The lowest BCUT2D eigenvalue weighted by molar-refractivity contribution is 0.112. The largest absolute Gasteiger partial charge is 0.354 e. The monoisotopic (exact) mass is 299 g/mol. The number of para-hydroxylation sites is 1. The predicted octanol–water partition coefficient (Wildman–Crippen LogP) is 4.41. The third-order valence-corrected chi connectivity index (χ3v) is 3.70. The molecule has 3 aromatic rings. The molecule has 0 aliphatic carbocycles. The molecule has 0 saturated heterocycles. The summed E-state index contributed by atoms with van der Waals surface area (Å²) in [7, 11) is 0. The number of hydrogen-bond acceptors (Lipinski definition) is 1. The third-order valence-electron chi connectivity index (χ3n) is 3.01. The van der Waals surface area contributed by atoms with Crippen LogP contribution in [0.1, 0.15) is 10.4 Å². The van der Waals surface area contributed by atoms with Gasteiger partial charge in [0.1, 0.15) is 0 Å². The highest BCUT2D eigenvalue weighted by Gasteiger charge is 2.13. The molecular formula is C15H10BrNO. The Kier molecular flexibility index (Phi) is 2.76. The second kappa shape index (κ2) is 4.42. The van der Waals surface area contributed by atoms with E-state index in [2.05, 4.69) is 20.9 Å². The number of fused-ring (bicyclic) bond motifs is 1. The molecule has 18 heavy (non-hydrogen) atoms. The molecule has 0 bridgehead atoms. The number of hydrogen-bond donors (Lipinski definition) is 1. The molecule has 1 N–H and O–H groups in total. The summed E-state index contributed by atoms with van der Waals surface area (Å²) >= 11 is 3.52. The molecule has 88 valence electrons. The molecule has 0 amide bonds. The fourth-order valence-corrected chi connectivity index (χ4v) is 2.65. The SMILES string of the molecule is O=Cc1c(-c2ccccc2Br)[nH]c2ccccc12. The molecule has 0 radical (unpaired) electrons. The van der Waals surface area contributed by atoms with Gasteiger partial charge in [-0.1, -0.05) is 52.3 Å². The van der Waals surface area contributed by atoms with Gasteiger partial charge in [-0.2, -0.15) is 0 Å². The van der Waals surface area contributed by atoms with Gasteiger partial charge in [-0.3, -0.25) is 4.79 Å². The Morgan fingerprint density at radius 1 is 1.00 bits per heavy atom. The number of carbonyl (C=O) groups excluding carboxylic acids is 1. The van der Waals surface area contributed by atoms with Crippen molar-refractivity contribution in [3.05, 3.63) is 58.6 Å². The van der Waals surface area contributed by atoms with Crippen LogP contribution in [0.4, 0.5) is 0 Å². The van der Waals surface area contributed by atoms with Crippen LogP contribution in [0.2, 0.25) is 0 Å². The molecular weight excluding hydrogens is 290 g/mol. The van der Waals surface area contributed by atoms with E-state index in [0.717, 1.165) is 32.9 Å². The summed E-state index contributed by atoms with van der Waals surface area (Å²) in [5.41, 5.74) is 3.54. The first-order chi connectivity index (χ1) is 8.81. The van der Waals surface area contributed by atoms with Crippen molar-refractivity contribution in [3.8, 4) is 11.3 Å². The van der Waals surface area contributed by atoms with Crippen molar-refractivity contribution in [2.45, 2.75) is 0 Å². The summed E-state index contributed by atoms with van der Waals surface area (Å²) in [6.45, 7) is 0. The van der Waals surface area contributed by atoms with Crippen LogP contribution in [0.15, 0.2) is 53.0 Å². The summed E-state index contributed by atoms with van der Waals surface area (Å²) in [5.74, 6) is 0. The predicted molar refractivity (Wildman–Crippen MR) is 76.8 cm³/mol. The lowest BCUT2D eigenvalue weighted by Gasteiger charge is -2.02. The van der Waals surface area contributed by atoms with Crippen LogP contribution in [0.5, 0.6) is 0 Å². The minimum absolute atomic E-state index is 0.706. The number of nitrogens with one attached hydrogen (secondary N) is 1. The maximum absolute atomic E-state index is 11.4. The van der Waals surface area contributed by atoms with E-state index < -0.39 is 0 Å².